The second-order valence-corrected chi connectivity index (χ2v) is 6.18. The Hall–Kier alpha value is -2.92. The minimum Gasteiger partial charge on any atom is -0.360 e. The maximum Gasteiger partial charge on any atom is 0.246 e. The van der Waals surface area contributed by atoms with Gasteiger partial charge < -0.3 is 10.2 Å². The first-order chi connectivity index (χ1) is 12.6. The van der Waals surface area contributed by atoms with Crippen LogP contribution < -0.4 is 10.2 Å². The molecule has 26 heavy (non-hydrogen) atoms. The molecule has 0 fully saturated rings. The number of hydrogen-bond donors (Lipinski definition) is 1. The van der Waals surface area contributed by atoms with Gasteiger partial charge in [0.15, 0.2) is 5.82 Å². The molecule has 132 valence electrons. The molecule has 6 heteroatoms. The number of halogens is 1. The van der Waals surface area contributed by atoms with E-state index >= 15 is 0 Å². The van der Waals surface area contributed by atoms with Gasteiger partial charge in [0.25, 0.3) is 0 Å². The fraction of sp³-hybridized carbons (Fsp3) is 0.150. The molecule has 0 bridgehead atoms. The van der Waals surface area contributed by atoms with E-state index in [-0.39, 0.29) is 12.5 Å². The summed E-state index contributed by atoms with van der Waals surface area (Å²) in [5.74, 6) is 0.927. The zero-order valence-electron chi connectivity index (χ0n) is 14.6. The number of carbonyl (C=O) groups is 1. The van der Waals surface area contributed by atoms with Crippen molar-refractivity contribution in [2.24, 2.45) is 0 Å². The average Bonchev–Trinajstić information content (AvgIpc) is 2.69. The van der Waals surface area contributed by atoms with E-state index in [2.05, 4.69) is 15.3 Å². The fourth-order valence-electron chi connectivity index (χ4n) is 2.47. The van der Waals surface area contributed by atoms with Gasteiger partial charge in [-0.25, -0.2) is 9.97 Å². The number of amides is 1. The fourth-order valence-corrected chi connectivity index (χ4v) is 2.62. The predicted molar refractivity (Wildman–Crippen MR) is 106 cm³/mol. The Morgan fingerprint density at radius 1 is 1.04 bits per heavy atom. The Balaban J connectivity index is 1.77. The number of anilines is 2. The quantitative estimate of drug-likeness (QED) is 0.735. The first-order valence-electron chi connectivity index (χ1n) is 8.21. The molecule has 0 saturated carbocycles. The van der Waals surface area contributed by atoms with E-state index in [1.807, 2.05) is 67.6 Å². The van der Waals surface area contributed by atoms with Crippen molar-refractivity contribution >= 4 is 29.0 Å². The lowest BCUT2D eigenvalue weighted by molar-refractivity contribution is -0.116. The first-order valence-corrected chi connectivity index (χ1v) is 8.59. The van der Waals surface area contributed by atoms with E-state index in [1.165, 1.54) is 0 Å². The molecule has 5 nitrogen and oxygen atoms in total. The van der Waals surface area contributed by atoms with E-state index in [9.17, 15) is 4.79 Å². The van der Waals surface area contributed by atoms with Crippen molar-refractivity contribution < 1.29 is 4.79 Å². The van der Waals surface area contributed by atoms with Crippen molar-refractivity contribution in [2.75, 3.05) is 23.8 Å². The van der Waals surface area contributed by atoms with Crippen molar-refractivity contribution in [3.63, 3.8) is 0 Å². The van der Waals surface area contributed by atoms with Crippen LogP contribution in [0.3, 0.4) is 0 Å². The lowest BCUT2D eigenvalue weighted by atomic mass is 10.2. The molecule has 0 aliphatic rings. The predicted octanol–water partition coefficient (Wildman–Crippen LogP) is 4.18. The number of aromatic nitrogens is 2. The summed E-state index contributed by atoms with van der Waals surface area (Å²) in [5, 5.41) is 3.46. The van der Waals surface area contributed by atoms with Crippen LogP contribution in [-0.2, 0) is 4.79 Å². The highest BCUT2D eigenvalue weighted by molar-refractivity contribution is 6.33. The van der Waals surface area contributed by atoms with E-state index in [1.54, 1.807) is 11.9 Å². The lowest BCUT2D eigenvalue weighted by Gasteiger charge is -2.18. The van der Waals surface area contributed by atoms with E-state index in [0.717, 1.165) is 11.3 Å². The third-order valence-corrected chi connectivity index (χ3v) is 4.43. The molecular formula is C20H19ClN4O. The van der Waals surface area contributed by atoms with Crippen LogP contribution >= 0.6 is 11.6 Å². The second-order valence-electron chi connectivity index (χ2n) is 5.80. The Labute approximate surface area is 157 Å². The van der Waals surface area contributed by atoms with Crippen molar-refractivity contribution in [3.8, 4) is 11.4 Å². The molecule has 0 spiro atoms. The van der Waals surface area contributed by atoms with Crippen LogP contribution in [0.4, 0.5) is 11.5 Å². The van der Waals surface area contributed by atoms with Gasteiger partial charge in [-0.1, -0.05) is 60.1 Å². The summed E-state index contributed by atoms with van der Waals surface area (Å²) in [7, 11) is 1.74. The molecule has 2 aromatic carbocycles. The molecule has 1 N–H and O–H groups in total. The number of para-hydroxylation sites is 1. The summed E-state index contributed by atoms with van der Waals surface area (Å²) in [6, 6.07) is 19.1. The van der Waals surface area contributed by atoms with Crippen LogP contribution in [0.25, 0.3) is 11.4 Å². The van der Waals surface area contributed by atoms with Gasteiger partial charge in [0.2, 0.25) is 5.91 Å². The zero-order chi connectivity index (χ0) is 18.5. The summed E-state index contributed by atoms with van der Waals surface area (Å²) in [6.07, 6.45) is 0. The molecular weight excluding hydrogens is 348 g/mol. The van der Waals surface area contributed by atoms with Crippen LogP contribution in [-0.4, -0.2) is 29.5 Å². The number of hydrogen-bond acceptors (Lipinski definition) is 4. The summed E-state index contributed by atoms with van der Waals surface area (Å²) in [4.78, 5) is 23.0. The minimum absolute atomic E-state index is 0.0792. The van der Waals surface area contributed by atoms with Crippen molar-refractivity contribution in [2.45, 2.75) is 6.92 Å². The lowest BCUT2D eigenvalue weighted by Crippen LogP contribution is -2.32. The Kier molecular flexibility index (Phi) is 5.49. The van der Waals surface area contributed by atoms with E-state index in [0.29, 0.717) is 22.4 Å². The van der Waals surface area contributed by atoms with Gasteiger partial charge in [0.05, 0.1) is 12.2 Å². The molecule has 1 amide bonds. The van der Waals surface area contributed by atoms with E-state index in [4.69, 9.17) is 11.6 Å². The van der Waals surface area contributed by atoms with E-state index < -0.39 is 0 Å². The molecule has 1 aromatic heterocycles. The highest BCUT2D eigenvalue weighted by Crippen LogP contribution is 2.26. The highest BCUT2D eigenvalue weighted by atomic mass is 35.5. The third-order valence-electron chi connectivity index (χ3n) is 3.97. The van der Waals surface area contributed by atoms with Gasteiger partial charge in [-0.3, -0.25) is 4.79 Å². The van der Waals surface area contributed by atoms with Gasteiger partial charge >= 0.3 is 0 Å². The van der Waals surface area contributed by atoms with Crippen molar-refractivity contribution in [1.82, 2.24) is 9.97 Å². The Bertz CT molecular complexity index is 900. The monoisotopic (exact) mass is 366 g/mol. The summed E-state index contributed by atoms with van der Waals surface area (Å²) < 4.78 is 0. The third kappa shape index (κ3) is 4.00. The van der Waals surface area contributed by atoms with Crippen molar-refractivity contribution in [1.29, 1.82) is 0 Å². The molecule has 3 aromatic rings. The average molecular weight is 367 g/mol. The Morgan fingerprint density at radius 3 is 2.31 bits per heavy atom. The molecule has 0 aliphatic carbocycles. The number of nitrogens with zero attached hydrogens (tertiary/aromatic N) is 3. The van der Waals surface area contributed by atoms with Crippen LogP contribution in [0, 0.1) is 6.92 Å². The first kappa shape index (κ1) is 17.9. The number of rotatable bonds is 5. The Morgan fingerprint density at radius 2 is 1.65 bits per heavy atom. The highest BCUT2D eigenvalue weighted by Gasteiger charge is 2.14. The zero-order valence-corrected chi connectivity index (χ0v) is 15.4. The van der Waals surface area contributed by atoms with Gasteiger partial charge in [0.1, 0.15) is 10.8 Å². The number of carbonyl (C=O) groups excluding carboxylic acids is 1. The van der Waals surface area contributed by atoms with Crippen LogP contribution in [0.5, 0.6) is 0 Å². The van der Waals surface area contributed by atoms with Gasteiger partial charge in [-0.05, 0) is 19.1 Å². The molecule has 0 unspecified atom stereocenters. The number of nitrogens with one attached hydrogen (secondary N) is 1. The molecule has 1 heterocycles. The van der Waals surface area contributed by atoms with Gasteiger partial charge in [0, 0.05) is 18.3 Å². The molecule has 0 atom stereocenters. The van der Waals surface area contributed by atoms with Crippen molar-refractivity contribution in [3.05, 3.63) is 71.4 Å². The molecule has 0 radical (unpaired) electrons. The maximum atomic E-state index is 12.4. The number of likely N-dealkylation sites (N-methyl/N-ethyl adjacent to an activating group) is 1. The maximum absolute atomic E-state index is 12.4. The normalized spacial score (nSPS) is 10.4. The number of benzene rings is 2. The smallest absolute Gasteiger partial charge is 0.246 e. The number of aryl methyl sites for hydroxylation is 1. The van der Waals surface area contributed by atoms with Gasteiger partial charge in [-0.15, -0.1) is 0 Å². The van der Waals surface area contributed by atoms with Crippen LogP contribution in [0.15, 0.2) is 60.7 Å². The molecule has 0 saturated heterocycles. The molecule has 0 aliphatic heterocycles. The topological polar surface area (TPSA) is 58.1 Å². The second kappa shape index (κ2) is 7.97. The SMILES string of the molecule is Cc1nc(-c2ccccc2)nc(NCC(=O)N(C)c2ccccc2)c1Cl. The summed E-state index contributed by atoms with van der Waals surface area (Å²) in [6.45, 7) is 1.90. The largest absolute Gasteiger partial charge is 0.360 e. The minimum atomic E-state index is -0.0928. The van der Waals surface area contributed by atoms with Crippen LogP contribution in [0.2, 0.25) is 5.02 Å². The molecule has 3 rings (SSSR count). The standard InChI is InChI=1S/C20H19ClN4O/c1-14-18(21)20(24-19(23-14)15-9-5-3-6-10-15)22-13-17(26)25(2)16-11-7-4-8-12-16/h3-12H,13H2,1-2H3,(H,22,23,24). The summed E-state index contributed by atoms with van der Waals surface area (Å²) >= 11 is 6.32. The van der Waals surface area contributed by atoms with Gasteiger partial charge in [-0.2, -0.15) is 0 Å². The van der Waals surface area contributed by atoms with Crippen LogP contribution in [0.1, 0.15) is 5.69 Å². The summed E-state index contributed by atoms with van der Waals surface area (Å²) in [5.41, 5.74) is 2.38.